The summed E-state index contributed by atoms with van der Waals surface area (Å²) in [7, 11) is 0. The fourth-order valence-corrected chi connectivity index (χ4v) is 3.24. The SMILES string of the molecule is Cc1ccc(CC(=O)Cc2cccc(Cl)c2)cc1CC(=O)c1cnoc1C. The molecule has 3 aromatic rings. The fourth-order valence-electron chi connectivity index (χ4n) is 3.02. The minimum atomic E-state index is -0.0424. The predicted molar refractivity (Wildman–Crippen MR) is 104 cm³/mol. The highest BCUT2D eigenvalue weighted by Crippen LogP contribution is 2.18. The van der Waals surface area contributed by atoms with E-state index in [9.17, 15) is 9.59 Å². The summed E-state index contributed by atoms with van der Waals surface area (Å²) < 4.78 is 4.97. The van der Waals surface area contributed by atoms with E-state index in [1.807, 2.05) is 37.3 Å². The van der Waals surface area contributed by atoms with Crippen molar-refractivity contribution in [2.45, 2.75) is 33.1 Å². The van der Waals surface area contributed by atoms with Gasteiger partial charge in [-0.3, -0.25) is 9.59 Å². The highest BCUT2D eigenvalue weighted by Gasteiger charge is 2.15. The van der Waals surface area contributed by atoms with Gasteiger partial charge in [0.25, 0.3) is 0 Å². The van der Waals surface area contributed by atoms with Crippen LogP contribution in [0.25, 0.3) is 0 Å². The smallest absolute Gasteiger partial charge is 0.172 e. The van der Waals surface area contributed by atoms with Gasteiger partial charge in [-0.15, -0.1) is 0 Å². The number of carbonyl (C=O) groups is 2. The highest BCUT2D eigenvalue weighted by molar-refractivity contribution is 6.30. The van der Waals surface area contributed by atoms with Crippen LogP contribution in [0.2, 0.25) is 5.02 Å². The van der Waals surface area contributed by atoms with E-state index in [1.165, 1.54) is 6.20 Å². The number of aryl methyl sites for hydroxylation is 2. The minimum absolute atomic E-state index is 0.0424. The maximum atomic E-state index is 12.5. The maximum Gasteiger partial charge on any atom is 0.172 e. The molecule has 3 rings (SSSR count). The third-order valence-electron chi connectivity index (χ3n) is 4.51. The second kappa shape index (κ2) is 8.31. The second-order valence-electron chi connectivity index (χ2n) is 6.68. The van der Waals surface area contributed by atoms with E-state index < -0.39 is 0 Å². The number of aromatic nitrogens is 1. The molecule has 0 N–H and O–H groups in total. The lowest BCUT2D eigenvalue weighted by atomic mass is 9.95. The molecule has 0 amide bonds. The second-order valence-corrected chi connectivity index (χ2v) is 7.12. The summed E-state index contributed by atoms with van der Waals surface area (Å²) in [6.07, 6.45) is 2.36. The molecule has 138 valence electrons. The molecule has 0 aliphatic heterocycles. The summed E-state index contributed by atoms with van der Waals surface area (Å²) >= 11 is 5.97. The molecule has 0 spiro atoms. The van der Waals surface area contributed by atoms with Crippen LogP contribution in [0.5, 0.6) is 0 Å². The zero-order valence-electron chi connectivity index (χ0n) is 15.3. The number of hydrogen-bond acceptors (Lipinski definition) is 4. The van der Waals surface area contributed by atoms with Gasteiger partial charge in [0.15, 0.2) is 5.78 Å². The van der Waals surface area contributed by atoms with Crippen LogP contribution in [-0.2, 0) is 24.1 Å². The molecule has 1 aromatic heterocycles. The molecule has 0 aliphatic carbocycles. The number of rotatable bonds is 7. The van der Waals surface area contributed by atoms with E-state index in [2.05, 4.69) is 5.16 Å². The van der Waals surface area contributed by atoms with Gasteiger partial charge in [-0.25, -0.2) is 0 Å². The molecule has 0 radical (unpaired) electrons. The Morgan fingerprint density at radius 2 is 1.74 bits per heavy atom. The van der Waals surface area contributed by atoms with Gasteiger partial charge in [0.05, 0.1) is 11.8 Å². The van der Waals surface area contributed by atoms with Crippen molar-refractivity contribution < 1.29 is 14.1 Å². The van der Waals surface area contributed by atoms with Crippen molar-refractivity contribution >= 4 is 23.2 Å². The number of ketones is 2. The standard InChI is InChI=1S/C22H20ClNO3/c1-14-6-7-17(11-20(25)10-16-4-3-5-19(23)9-16)8-18(14)12-22(26)21-13-24-27-15(21)2/h3-9,13H,10-12H2,1-2H3. The summed E-state index contributed by atoms with van der Waals surface area (Å²) in [4.78, 5) is 24.9. The van der Waals surface area contributed by atoms with Gasteiger partial charge in [-0.05, 0) is 48.2 Å². The van der Waals surface area contributed by atoms with Gasteiger partial charge in [0.2, 0.25) is 0 Å². The summed E-state index contributed by atoms with van der Waals surface area (Å²) in [5, 5.41) is 4.29. The lowest BCUT2D eigenvalue weighted by molar-refractivity contribution is -0.117. The van der Waals surface area contributed by atoms with Crippen molar-refractivity contribution in [2.24, 2.45) is 0 Å². The molecule has 0 unspecified atom stereocenters. The number of carbonyl (C=O) groups excluding carboxylic acids is 2. The molecule has 0 saturated carbocycles. The number of Topliss-reactive ketones (excluding diaryl/α,β-unsaturated/α-hetero) is 2. The van der Waals surface area contributed by atoms with Crippen LogP contribution in [0.4, 0.5) is 0 Å². The van der Waals surface area contributed by atoms with Crippen molar-refractivity contribution in [1.82, 2.24) is 5.16 Å². The average Bonchev–Trinajstić information content (AvgIpc) is 3.04. The molecule has 1 heterocycles. The highest BCUT2D eigenvalue weighted by atomic mass is 35.5. The Kier molecular flexibility index (Phi) is 5.87. The van der Waals surface area contributed by atoms with E-state index in [1.54, 1.807) is 19.1 Å². The topological polar surface area (TPSA) is 60.2 Å². The maximum absolute atomic E-state index is 12.5. The van der Waals surface area contributed by atoms with E-state index in [0.717, 1.165) is 22.3 Å². The first-order chi connectivity index (χ1) is 12.9. The van der Waals surface area contributed by atoms with E-state index in [-0.39, 0.29) is 18.0 Å². The van der Waals surface area contributed by atoms with E-state index >= 15 is 0 Å². The van der Waals surface area contributed by atoms with Crippen LogP contribution in [0.15, 0.2) is 53.2 Å². The Balaban J connectivity index is 1.70. The van der Waals surface area contributed by atoms with Gasteiger partial charge in [-0.1, -0.05) is 47.1 Å². The molecule has 4 nitrogen and oxygen atoms in total. The third-order valence-corrected chi connectivity index (χ3v) is 4.74. The first-order valence-corrected chi connectivity index (χ1v) is 9.09. The van der Waals surface area contributed by atoms with Crippen molar-refractivity contribution in [1.29, 1.82) is 0 Å². The van der Waals surface area contributed by atoms with Gasteiger partial charge in [0.1, 0.15) is 11.5 Å². The Labute approximate surface area is 163 Å². The van der Waals surface area contributed by atoms with Crippen LogP contribution in [-0.4, -0.2) is 16.7 Å². The number of benzene rings is 2. The van der Waals surface area contributed by atoms with Crippen LogP contribution in [0.3, 0.4) is 0 Å². The normalized spacial score (nSPS) is 10.8. The van der Waals surface area contributed by atoms with Crippen molar-refractivity contribution in [2.75, 3.05) is 0 Å². The van der Waals surface area contributed by atoms with Crippen molar-refractivity contribution in [3.63, 3.8) is 0 Å². The Bertz CT molecular complexity index is 991. The molecule has 0 fully saturated rings. The summed E-state index contributed by atoms with van der Waals surface area (Å²) in [6, 6.07) is 13.1. The fraction of sp³-hybridized carbons (Fsp3) is 0.227. The van der Waals surface area contributed by atoms with Gasteiger partial charge >= 0.3 is 0 Å². The van der Waals surface area contributed by atoms with Gasteiger partial charge < -0.3 is 4.52 Å². The Morgan fingerprint density at radius 1 is 1.00 bits per heavy atom. The predicted octanol–water partition coefficient (Wildman–Crippen LogP) is 4.72. The molecule has 5 heteroatoms. The molecule has 0 bridgehead atoms. The lowest BCUT2D eigenvalue weighted by Gasteiger charge is -2.08. The van der Waals surface area contributed by atoms with Crippen molar-refractivity contribution in [3.05, 3.63) is 87.3 Å². The number of halogens is 1. The largest absolute Gasteiger partial charge is 0.361 e. The molecule has 0 aliphatic rings. The monoisotopic (exact) mass is 381 g/mol. The third kappa shape index (κ3) is 4.92. The number of nitrogens with zero attached hydrogens (tertiary/aromatic N) is 1. The summed E-state index contributed by atoms with van der Waals surface area (Å²) in [6.45, 7) is 3.68. The molecular weight excluding hydrogens is 362 g/mol. The first-order valence-electron chi connectivity index (χ1n) is 8.71. The molecule has 0 saturated heterocycles. The van der Waals surface area contributed by atoms with Crippen LogP contribution >= 0.6 is 11.6 Å². The first kappa shape index (κ1) is 19.1. The van der Waals surface area contributed by atoms with Crippen molar-refractivity contribution in [3.8, 4) is 0 Å². The summed E-state index contributed by atoms with van der Waals surface area (Å²) in [5.74, 6) is 0.582. The Morgan fingerprint density at radius 3 is 2.41 bits per heavy atom. The zero-order valence-corrected chi connectivity index (χ0v) is 16.0. The molecule has 0 atom stereocenters. The van der Waals surface area contributed by atoms with Crippen LogP contribution in [0.1, 0.15) is 38.4 Å². The molecule has 27 heavy (non-hydrogen) atoms. The number of hydrogen-bond donors (Lipinski definition) is 0. The minimum Gasteiger partial charge on any atom is -0.361 e. The van der Waals surface area contributed by atoms with Crippen LogP contribution in [0, 0.1) is 13.8 Å². The van der Waals surface area contributed by atoms with Gasteiger partial charge in [0, 0.05) is 24.3 Å². The van der Waals surface area contributed by atoms with Gasteiger partial charge in [-0.2, -0.15) is 0 Å². The lowest BCUT2D eigenvalue weighted by Crippen LogP contribution is -2.09. The zero-order chi connectivity index (χ0) is 19.4. The molecule has 2 aromatic carbocycles. The van der Waals surface area contributed by atoms with E-state index in [4.69, 9.17) is 16.1 Å². The van der Waals surface area contributed by atoms with E-state index in [0.29, 0.717) is 29.2 Å². The molecular formula is C22H20ClNO3. The quantitative estimate of drug-likeness (QED) is 0.555. The van der Waals surface area contributed by atoms with Crippen LogP contribution < -0.4 is 0 Å². The Hall–Kier alpha value is -2.72. The summed E-state index contributed by atoms with van der Waals surface area (Å²) in [5.41, 5.74) is 4.23. The average molecular weight is 382 g/mol.